The van der Waals surface area contributed by atoms with Crippen molar-refractivity contribution in [3.8, 4) is 11.8 Å². The van der Waals surface area contributed by atoms with Gasteiger partial charge in [0.25, 0.3) is 5.91 Å². The average Bonchev–Trinajstić information content (AvgIpc) is 2.78. The molecule has 0 spiro atoms. The van der Waals surface area contributed by atoms with Gasteiger partial charge < -0.3 is 14.8 Å². The van der Waals surface area contributed by atoms with Crippen molar-refractivity contribution in [3.63, 3.8) is 0 Å². The molecule has 176 valence electrons. The fraction of sp³-hybridized carbons (Fsp3) is 0.591. The van der Waals surface area contributed by atoms with Crippen molar-refractivity contribution in [1.82, 2.24) is 9.62 Å². The molecule has 0 aliphatic carbocycles. The van der Waals surface area contributed by atoms with E-state index in [0.29, 0.717) is 18.6 Å². The van der Waals surface area contributed by atoms with Crippen molar-refractivity contribution in [1.29, 1.82) is 5.26 Å². The van der Waals surface area contributed by atoms with Crippen LogP contribution in [0.5, 0.6) is 5.75 Å². The molecule has 1 aromatic carbocycles. The number of carbonyl (C=O) groups is 2. The van der Waals surface area contributed by atoms with Gasteiger partial charge in [-0.15, -0.1) is 0 Å². The van der Waals surface area contributed by atoms with E-state index in [2.05, 4.69) is 11.4 Å². The number of sulfonamides is 1. The Morgan fingerprint density at radius 3 is 2.22 bits per heavy atom. The molecule has 1 fully saturated rings. The topological polar surface area (TPSA) is 126 Å². The zero-order valence-corrected chi connectivity index (χ0v) is 19.9. The number of hydrogen-bond acceptors (Lipinski definition) is 7. The number of ether oxygens (including phenoxy) is 2. The van der Waals surface area contributed by atoms with Crippen molar-refractivity contribution < 1.29 is 27.5 Å². The number of amides is 1. The Bertz CT molecular complexity index is 962. The fourth-order valence-electron chi connectivity index (χ4n) is 3.21. The van der Waals surface area contributed by atoms with Crippen LogP contribution in [0.15, 0.2) is 29.2 Å². The van der Waals surface area contributed by atoms with E-state index < -0.39 is 39.5 Å². The minimum atomic E-state index is -3.67. The summed E-state index contributed by atoms with van der Waals surface area (Å²) < 4.78 is 37.4. The molecule has 10 heteroatoms. The summed E-state index contributed by atoms with van der Waals surface area (Å²) in [7, 11) is -2.17. The van der Waals surface area contributed by atoms with Crippen molar-refractivity contribution >= 4 is 21.9 Å². The molecule has 2 atom stereocenters. The molecule has 0 saturated carbocycles. The number of esters is 1. The van der Waals surface area contributed by atoms with Crippen molar-refractivity contribution in [2.45, 2.75) is 57.1 Å². The van der Waals surface area contributed by atoms with Gasteiger partial charge in [-0.1, -0.05) is 13.8 Å². The van der Waals surface area contributed by atoms with E-state index in [-0.39, 0.29) is 23.9 Å². The number of methoxy groups -OCH3 is 1. The zero-order valence-electron chi connectivity index (χ0n) is 19.1. The molecule has 0 aromatic heterocycles. The highest BCUT2D eigenvalue weighted by Gasteiger charge is 2.36. The molecule has 1 N–H and O–H groups in total. The van der Waals surface area contributed by atoms with Crippen LogP contribution in [0.2, 0.25) is 0 Å². The summed E-state index contributed by atoms with van der Waals surface area (Å²) >= 11 is 0. The third-order valence-corrected chi connectivity index (χ3v) is 7.83. The standard InChI is InChI=1S/C22H31N3O6S/c1-15(2)22(4,14-23)24-20(26)16(3)31-21(27)17-10-12-25(13-11-17)32(28,29)19-8-6-18(30-5)7-9-19/h6-9,15-17H,10-13H2,1-5H3,(H,24,26). The van der Waals surface area contributed by atoms with Gasteiger partial charge >= 0.3 is 5.97 Å². The van der Waals surface area contributed by atoms with Crippen LogP contribution >= 0.6 is 0 Å². The highest BCUT2D eigenvalue weighted by atomic mass is 32.2. The Labute approximate surface area is 189 Å². The first-order valence-corrected chi connectivity index (χ1v) is 12.0. The molecule has 1 aliphatic heterocycles. The second-order valence-corrected chi connectivity index (χ2v) is 10.3. The lowest BCUT2D eigenvalue weighted by Gasteiger charge is -2.31. The molecule has 1 saturated heterocycles. The van der Waals surface area contributed by atoms with E-state index in [9.17, 15) is 23.3 Å². The monoisotopic (exact) mass is 465 g/mol. The maximum Gasteiger partial charge on any atom is 0.309 e. The number of rotatable bonds is 8. The van der Waals surface area contributed by atoms with E-state index in [1.165, 1.54) is 30.5 Å². The Morgan fingerprint density at radius 1 is 1.19 bits per heavy atom. The molecule has 1 heterocycles. The normalized spacial score (nSPS) is 18.3. The van der Waals surface area contributed by atoms with Crippen LogP contribution in [-0.2, 0) is 24.3 Å². The minimum absolute atomic E-state index is 0.128. The number of piperidine rings is 1. The summed E-state index contributed by atoms with van der Waals surface area (Å²) in [6.45, 7) is 7.04. The summed E-state index contributed by atoms with van der Waals surface area (Å²) in [4.78, 5) is 25.1. The van der Waals surface area contributed by atoms with Gasteiger partial charge in [0, 0.05) is 13.1 Å². The Kier molecular flexibility index (Phi) is 8.26. The number of nitriles is 1. The summed E-state index contributed by atoms with van der Waals surface area (Å²) in [6.07, 6.45) is -0.468. The van der Waals surface area contributed by atoms with Gasteiger partial charge in [0.15, 0.2) is 6.10 Å². The first kappa shape index (κ1) is 25.6. The summed E-state index contributed by atoms with van der Waals surface area (Å²) in [5.41, 5.74) is -1.07. The average molecular weight is 466 g/mol. The molecule has 2 rings (SSSR count). The molecule has 1 amide bonds. The van der Waals surface area contributed by atoms with Crippen molar-refractivity contribution in [3.05, 3.63) is 24.3 Å². The van der Waals surface area contributed by atoms with E-state index in [1.54, 1.807) is 19.1 Å². The molecule has 0 radical (unpaired) electrons. The molecule has 1 aromatic rings. The maximum atomic E-state index is 12.8. The number of hydrogen-bond donors (Lipinski definition) is 1. The Balaban J connectivity index is 1.93. The fourth-order valence-corrected chi connectivity index (χ4v) is 4.68. The second-order valence-electron chi connectivity index (χ2n) is 8.39. The summed E-state index contributed by atoms with van der Waals surface area (Å²) in [5, 5.41) is 12.0. The van der Waals surface area contributed by atoms with E-state index >= 15 is 0 Å². The second kappa shape index (κ2) is 10.3. The Hall–Kier alpha value is -2.64. The number of carbonyl (C=O) groups excluding carboxylic acids is 2. The van der Waals surface area contributed by atoms with Crippen LogP contribution in [0, 0.1) is 23.2 Å². The molecule has 2 unspecified atom stereocenters. The number of benzene rings is 1. The van der Waals surface area contributed by atoms with Crippen molar-refractivity contribution in [2.75, 3.05) is 20.2 Å². The smallest absolute Gasteiger partial charge is 0.309 e. The van der Waals surface area contributed by atoms with Gasteiger partial charge in [-0.2, -0.15) is 9.57 Å². The van der Waals surface area contributed by atoms with Crippen molar-refractivity contribution in [2.24, 2.45) is 11.8 Å². The minimum Gasteiger partial charge on any atom is -0.497 e. The van der Waals surface area contributed by atoms with Gasteiger partial charge in [-0.05, 0) is 56.9 Å². The van der Waals surface area contributed by atoms with Crippen LogP contribution in [-0.4, -0.2) is 56.4 Å². The quantitative estimate of drug-likeness (QED) is 0.583. The van der Waals surface area contributed by atoms with E-state index in [0.717, 1.165) is 0 Å². The molecule has 1 aliphatic rings. The maximum absolute atomic E-state index is 12.8. The Morgan fingerprint density at radius 2 is 1.75 bits per heavy atom. The highest BCUT2D eigenvalue weighted by molar-refractivity contribution is 7.89. The lowest BCUT2D eigenvalue weighted by atomic mass is 9.90. The zero-order chi connectivity index (χ0) is 24.1. The van der Waals surface area contributed by atoms with Gasteiger partial charge in [0.05, 0.1) is 24.0 Å². The molecular weight excluding hydrogens is 434 g/mol. The molecule has 0 bridgehead atoms. The van der Waals surface area contributed by atoms with Gasteiger partial charge in [-0.3, -0.25) is 9.59 Å². The van der Waals surface area contributed by atoms with Crippen LogP contribution in [0.4, 0.5) is 0 Å². The number of nitrogens with one attached hydrogen (secondary N) is 1. The SMILES string of the molecule is COc1ccc(S(=O)(=O)N2CCC(C(=O)OC(C)C(=O)NC(C)(C#N)C(C)C)CC2)cc1. The van der Waals surface area contributed by atoms with E-state index in [4.69, 9.17) is 9.47 Å². The van der Waals surface area contributed by atoms with E-state index in [1.807, 2.05) is 13.8 Å². The third kappa shape index (κ3) is 5.78. The largest absolute Gasteiger partial charge is 0.497 e. The first-order chi connectivity index (χ1) is 14.9. The van der Waals surface area contributed by atoms with Gasteiger partial charge in [0.2, 0.25) is 10.0 Å². The third-order valence-electron chi connectivity index (χ3n) is 5.92. The molecule has 32 heavy (non-hydrogen) atoms. The summed E-state index contributed by atoms with van der Waals surface area (Å²) in [5.74, 6) is -1.16. The van der Waals surface area contributed by atoms with Gasteiger partial charge in [0.1, 0.15) is 11.3 Å². The van der Waals surface area contributed by atoms with Crippen LogP contribution in [0.25, 0.3) is 0 Å². The van der Waals surface area contributed by atoms with Crippen LogP contribution in [0.1, 0.15) is 40.5 Å². The molecular formula is C22H31N3O6S. The predicted molar refractivity (Wildman–Crippen MR) is 117 cm³/mol. The van der Waals surface area contributed by atoms with Gasteiger partial charge in [-0.25, -0.2) is 8.42 Å². The van der Waals surface area contributed by atoms with Crippen LogP contribution in [0.3, 0.4) is 0 Å². The first-order valence-electron chi connectivity index (χ1n) is 10.5. The lowest BCUT2D eigenvalue weighted by Crippen LogP contribution is -2.52. The lowest BCUT2D eigenvalue weighted by molar-refractivity contribution is -0.160. The predicted octanol–water partition coefficient (Wildman–Crippen LogP) is 2.08. The van der Waals surface area contributed by atoms with Crippen LogP contribution < -0.4 is 10.1 Å². The summed E-state index contributed by atoms with van der Waals surface area (Å²) in [6, 6.07) is 8.22. The number of nitrogens with zero attached hydrogens (tertiary/aromatic N) is 2. The highest BCUT2D eigenvalue weighted by Crippen LogP contribution is 2.26. The molecule has 9 nitrogen and oxygen atoms in total.